The van der Waals surface area contributed by atoms with Gasteiger partial charge in [-0.05, 0) is 37.6 Å². The fraction of sp³-hybridized carbons (Fsp3) is 0.412. The third-order valence-corrected chi connectivity index (χ3v) is 3.19. The van der Waals surface area contributed by atoms with Gasteiger partial charge in [0.25, 0.3) is 0 Å². The highest BCUT2D eigenvalue weighted by molar-refractivity contribution is 5.94. The van der Waals surface area contributed by atoms with Gasteiger partial charge in [0.05, 0.1) is 6.54 Å². The fourth-order valence-electron chi connectivity index (χ4n) is 2.12. The predicted molar refractivity (Wildman–Crippen MR) is 87.4 cm³/mol. The molecule has 2 amide bonds. The number of fused-ring (bicyclic) bond motifs is 1. The van der Waals surface area contributed by atoms with E-state index in [1.165, 1.54) is 11.0 Å². The number of benzene rings is 1. The lowest BCUT2D eigenvalue weighted by atomic mass is 10.2. The number of ether oxygens (including phenoxy) is 2. The van der Waals surface area contributed by atoms with Gasteiger partial charge in [-0.2, -0.15) is 0 Å². The molecule has 1 aromatic carbocycles. The molecule has 1 aliphatic rings. The van der Waals surface area contributed by atoms with Crippen molar-refractivity contribution in [2.75, 3.05) is 26.8 Å². The standard InChI is InChI=1S/C17H22N2O4/c1-12(2)18-16(20)11-19(3)17(21)7-5-13-4-6-14-15(10-13)23-9-8-22-14/h4-7,10,12H,8-9,11H2,1-3H3,(H,18,20)/b7-5+. The van der Waals surface area contributed by atoms with Crippen molar-refractivity contribution >= 4 is 17.9 Å². The number of hydrogen-bond donors (Lipinski definition) is 1. The molecule has 1 aliphatic heterocycles. The summed E-state index contributed by atoms with van der Waals surface area (Å²) in [6, 6.07) is 5.55. The van der Waals surface area contributed by atoms with Gasteiger partial charge in [0.15, 0.2) is 11.5 Å². The second-order valence-corrected chi connectivity index (χ2v) is 5.65. The van der Waals surface area contributed by atoms with Crippen molar-refractivity contribution in [3.8, 4) is 11.5 Å². The highest BCUT2D eigenvalue weighted by atomic mass is 16.6. The number of likely N-dealkylation sites (N-methyl/N-ethyl adjacent to an activating group) is 1. The van der Waals surface area contributed by atoms with Crippen molar-refractivity contribution in [2.45, 2.75) is 19.9 Å². The van der Waals surface area contributed by atoms with Crippen LogP contribution >= 0.6 is 0 Å². The maximum absolute atomic E-state index is 12.0. The molecule has 6 nitrogen and oxygen atoms in total. The molecular formula is C17H22N2O4. The molecule has 0 radical (unpaired) electrons. The Balaban J connectivity index is 1.93. The number of amides is 2. The predicted octanol–water partition coefficient (Wildman–Crippen LogP) is 1.45. The summed E-state index contributed by atoms with van der Waals surface area (Å²) in [5.41, 5.74) is 0.836. The Hall–Kier alpha value is -2.50. The van der Waals surface area contributed by atoms with Crippen LogP contribution in [0.4, 0.5) is 0 Å². The molecule has 0 saturated carbocycles. The molecule has 0 spiro atoms. The van der Waals surface area contributed by atoms with E-state index in [-0.39, 0.29) is 24.4 Å². The molecule has 1 aromatic rings. The van der Waals surface area contributed by atoms with E-state index in [1.54, 1.807) is 13.1 Å². The Kier molecular flexibility index (Phi) is 5.62. The Bertz CT molecular complexity index is 611. The van der Waals surface area contributed by atoms with Gasteiger partial charge in [0.2, 0.25) is 11.8 Å². The van der Waals surface area contributed by atoms with Crippen LogP contribution in [0.3, 0.4) is 0 Å². The minimum Gasteiger partial charge on any atom is -0.486 e. The topological polar surface area (TPSA) is 67.9 Å². The molecule has 0 aromatic heterocycles. The third kappa shape index (κ3) is 5.02. The van der Waals surface area contributed by atoms with Gasteiger partial charge < -0.3 is 19.7 Å². The zero-order chi connectivity index (χ0) is 16.8. The summed E-state index contributed by atoms with van der Waals surface area (Å²) in [4.78, 5) is 25.0. The lowest BCUT2D eigenvalue weighted by Gasteiger charge is -2.18. The lowest BCUT2D eigenvalue weighted by Crippen LogP contribution is -2.40. The first kappa shape index (κ1) is 16.9. The van der Waals surface area contributed by atoms with Gasteiger partial charge in [0, 0.05) is 19.2 Å². The highest BCUT2D eigenvalue weighted by Gasteiger charge is 2.12. The first-order chi connectivity index (χ1) is 11.0. The first-order valence-electron chi connectivity index (χ1n) is 7.58. The monoisotopic (exact) mass is 318 g/mol. The second-order valence-electron chi connectivity index (χ2n) is 5.65. The van der Waals surface area contributed by atoms with Crippen molar-refractivity contribution in [3.63, 3.8) is 0 Å². The van der Waals surface area contributed by atoms with Crippen LogP contribution in [0.15, 0.2) is 24.3 Å². The molecule has 0 fully saturated rings. The van der Waals surface area contributed by atoms with Crippen LogP contribution in [0.1, 0.15) is 19.4 Å². The van der Waals surface area contributed by atoms with E-state index < -0.39 is 0 Å². The van der Waals surface area contributed by atoms with Crippen LogP contribution in [-0.2, 0) is 9.59 Å². The van der Waals surface area contributed by atoms with E-state index in [0.29, 0.717) is 24.7 Å². The van der Waals surface area contributed by atoms with E-state index >= 15 is 0 Å². The Morgan fingerprint density at radius 1 is 1.26 bits per heavy atom. The van der Waals surface area contributed by atoms with Gasteiger partial charge in [-0.15, -0.1) is 0 Å². The van der Waals surface area contributed by atoms with Crippen LogP contribution in [-0.4, -0.2) is 49.6 Å². The fourth-order valence-corrected chi connectivity index (χ4v) is 2.12. The zero-order valence-corrected chi connectivity index (χ0v) is 13.7. The molecule has 2 rings (SSSR count). The summed E-state index contributed by atoms with van der Waals surface area (Å²) in [6.07, 6.45) is 3.13. The number of nitrogens with one attached hydrogen (secondary N) is 1. The minimum atomic E-state index is -0.237. The SMILES string of the molecule is CC(C)NC(=O)CN(C)C(=O)/C=C/c1ccc2c(c1)OCCO2. The van der Waals surface area contributed by atoms with Crippen molar-refractivity contribution < 1.29 is 19.1 Å². The van der Waals surface area contributed by atoms with E-state index in [0.717, 1.165) is 5.56 Å². The number of carbonyl (C=O) groups is 2. The van der Waals surface area contributed by atoms with Crippen molar-refractivity contribution in [1.82, 2.24) is 10.2 Å². The van der Waals surface area contributed by atoms with E-state index in [9.17, 15) is 9.59 Å². The van der Waals surface area contributed by atoms with Crippen LogP contribution in [0.25, 0.3) is 6.08 Å². The van der Waals surface area contributed by atoms with Gasteiger partial charge in [-0.1, -0.05) is 6.07 Å². The van der Waals surface area contributed by atoms with Crippen LogP contribution in [0.5, 0.6) is 11.5 Å². The summed E-state index contributed by atoms with van der Waals surface area (Å²) >= 11 is 0. The molecule has 23 heavy (non-hydrogen) atoms. The van der Waals surface area contributed by atoms with Crippen LogP contribution < -0.4 is 14.8 Å². The number of rotatable bonds is 5. The molecule has 6 heteroatoms. The molecular weight excluding hydrogens is 296 g/mol. The Morgan fingerprint density at radius 2 is 1.96 bits per heavy atom. The molecule has 1 heterocycles. The largest absolute Gasteiger partial charge is 0.486 e. The zero-order valence-electron chi connectivity index (χ0n) is 13.7. The highest BCUT2D eigenvalue weighted by Crippen LogP contribution is 2.31. The Morgan fingerprint density at radius 3 is 2.65 bits per heavy atom. The molecule has 0 saturated heterocycles. The molecule has 1 N–H and O–H groups in total. The quantitative estimate of drug-likeness (QED) is 0.835. The van der Waals surface area contributed by atoms with Crippen molar-refractivity contribution in [1.29, 1.82) is 0 Å². The number of hydrogen-bond acceptors (Lipinski definition) is 4. The Labute approximate surface area is 136 Å². The average molecular weight is 318 g/mol. The molecule has 0 atom stereocenters. The van der Waals surface area contributed by atoms with E-state index in [4.69, 9.17) is 9.47 Å². The van der Waals surface area contributed by atoms with Gasteiger partial charge >= 0.3 is 0 Å². The van der Waals surface area contributed by atoms with E-state index in [2.05, 4.69) is 5.32 Å². The minimum absolute atomic E-state index is 0.0303. The smallest absolute Gasteiger partial charge is 0.246 e. The lowest BCUT2D eigenvalue weighted by molar-refractivity contribution is -0.131. The van der Waals surface area contributed by atoms with Gasteiger partial charge in [0.1, 0.15) is 13.2 Å². The summed E-state index contributed by atoms with van der Waals surface area (Å²) in [7, 11) is 1.59. The van der Waals surface area contributed by atoms with E-state index in [1.807, 2.05) is 32.0 Å². The van der Waals surface area contributed by atoms with Crippen molar-refractivity contribution in [3.05, 3.63) is 29.8 Å². The molecule has 124 valence electrons. The summed E-state index contributed by atoms with van der Waals surface area (Å²) in [5.74, 6) is 0.972. The van der Waals surface area contributed by atoms with Crippen LogP contribution in [0, 0.1) is 0 Å². The normalized spacial score (nSPS) is 13.2. The third-order valence-electron chi connectivity index (χ3n) is 3.19. The van der Waals surface area contributed by atoms with Crippen LogP contribution in [0.2, 0.25) is 0 Å². The number of carbonyl (C=O) groups excluding carboxylic acids is 2. The summed E-state index contributed by atoms with van der Waals surface area (Å²) < 4.78 is 10.9. The summed E-state index contributed by atoms with van der Waals surface area (Å²) in [5, 5.41) is 2.75. The summed E-state index contributed by atoms with van der Waals surface area (Å²) in [6.45, 7) is 4.85. The maximum atomic E-state index is 12.0. The average Bonchev–Trinajstić information content (AvgIpc) is 2.51. The number of nitrogens with zero attached hydrogens (tertiary/aromatic N) is 1. The van der Waals surface area contributed by atoms with Crippen molar-refractivity contribution in [2.24, 2.45) is 0 Å². The first-order valence-corrected chi connectivity index (χ1v) is 7.58. The molecule has 0 unspecified atom stereocenters. The van der Waals surface area contributed by atoms with Gasteiger partial charge in [-0.3, -0.25) is 9.59 Å². The van der Waals surface area contributed by atoms with Gasteiger partial charge in [-0.25, -0.2) is 0 Å². The second kappa shape index (κ2) is 7.67. The maximum Gasteiger partial charge on any atom is 0.246 e. The molecule has 0 aliphatic carbocycles. The molecule has 0 bridgehead atoms.